The first-order valence-electron chi connectivity index (χ1n) is 7.79. The van der Waals surface area contributed by atoms with E-state index < -0.39 is 0 Å². The summed E-state index contributed by atoms with van der Waals surface area (Å²) in [5.41, 5.74) is 0.713. The molecule has 25 heavy (non-hydrogen) atoms. The SMILES string of the molecule is COC[C@@H](NC(=O)c1ccc(Oc2ccccc2)o1)c1ccccn1. The molecule has 3 rings (SSSR count). The second-order valence-corrected chi connectivity index (χ2v) is 5.27. The molecule has 0 spiro atoms. The number of nitrogens with zero attached hydrogens (tertiary/aromatic N) is 1. The molecule has 2 heterocycles. The van der Waals surface area contributed by atoms with Crippen LogP contribution in [0.1, 0.15) is 22.3 Å². The Hall–Kier alpha value is -3.12. The molecule has 1 aromatic carbocycles. The van der Waals surface area contributed by atoms with Crippen molar-refractivity contribution in [3.8, 4) is 11.7 Å². The number of rotatable bonds is 7. The van der Waals surface area contributed by atoms with Crippen LogP contribution in [-0.2, 0) is 4.74 Å². The number of amides is 1. The first-order chi connectivity index (χ1) is 12.3. The highest BCUT2D eigenvalue weighted by molar-refractivity contribution is 5.91. The van der Waals surface area contributed by atoms with Gasteiger partial charge in [-0.2, -0.15) is 0 Å². The molecule has 2 aromatic heterocycles. The fourth-order valence-electron chi connectivity index (χ4n) is 2.28. The molecule has 1 amide bonds. The predicted octanol–water partition coefficient (Wildman–Crippen LogP) is 3.58. The molecule has 0 aliphatic heterocycles. The van der Waals surface area contributed by atoms with E-state index in [0.717, 1.165) is 0 Å². The van der Waals surface area contributed by atoms with Crippen molar-refractivity contribution in [2.24, 2.45) is 0 Å². The lowest BCUT2D eigenvalue weighted by Gasteiger charge is -2.16. The van der Waals surface area contributed by atoms with Gasteiger partial charge < -0.3 is 19.2 Å². The van der Waals surface area contributed by atoms with Crippen molar-refractivity contribution in [2.75, 3.05) is 13.7 Å². The third-order valence-electron chi connectivity index (χ3n) is 3.45. The molecule has 0 aliphatic rings. The summed E-state index contributed by atoms with van der Waals surface area (Å²) in [6.45, 7) is 0.302. The molecule has 0 unspecified atom stereocenters. The molecule has 1 N–H and O–H groups in total. The molecule has 6 nitrogen and oxygen atoms in total. The number of ether oxygens (including phenoxy) is 2. The number of para-hydroxylation sites is 1. The third-order valence-corrected chi connectivity index (χ3v) is 3.45. The van der Waals surface area contributed by atoms with Crippen molar-refractivity contribution in [3.63, 3.8) is 0 Å². The molecule has 3 aromatic rings. The minimum atomic E-state index is -0.373. The van der Waals surface area contributed by atoms with Crippen LogP contribution in [0.4, 0.5) is 0 Å². The van der Waals surface area contributed by atoms with E-state index in [4.69, 9.17) is 13.9 Å². The Bertz CT molecular complexity index is 803. The number of carbonyl (C=O) groups excluding carboxylic acids is 1. The van der Waals surface area contributed by atoms with E-state index in [0.29, 0.717) is 18.1 Å². The monoisotopic (exact) mass is 338 g/mol. The molecule has 0 fully saturated rings. The van der Waals surface area contributed by atoms with Gasteiger partial charge >= 0.3 is 0 Å². The van der Waals surface area contributed by atoms with Crippen LogP contribution in [0.5, 0.6) is 11.7 Å². The summed E-state index contributed by atoms with van der Waals surface area (Å²) in [6, 6.07) is 17.5. The molecule has 0 saturated carbocycles. The van der Waals surface area contributed by atoms with Crippen molar-refractivity contribution in [3.05, 3.63) is 78.3 Å². The van der Waals surface area contributed by atoms with Crippen LogP contribution >= 0.6 is 0 Å². The molecular weight excluding hydrogens is 320 g/mol. The summed E-state index contributed by atoms with van der Waals surface area (Å²) in [5, 5.41) is 2.85. The Morgan fingerprint density at radius 1 is 1.12 bits per heavy atom. The topological polar surface area (TPSA) is 73.6 Å². The van der Waals surface area contributed by atoms with Gasteiger partial charge in [-0.05, 0) is 30.3 Å². The number of furan rings is 1. The summed E-state index contributed by atoms with van der Waals surface area (Å²) >= 11 is 0. The lowest BCUT2D eigenvalue weighted by atomic mass is 10.2. The van der Waals surface area contributed by atoms with Crippen molar-refractivity contribution in [1.82, 2.24) is 10.3 Å². The number of nitrogens with one attached hydrogen (secondary N) is 1. The number of carbonyl (C=O) groups is 1. The highest BCUT2D eigenvalue weighted by Gasteiger charge is 2.19. The Morgan fingerprint density at radius 2 is 1.92 bits per heavy atom. The maximum absolute atomic E-state index is 12.4. The summed E-state index contributed by atoms with van der Waals surface area (Å²) in [6.07, 6.45) is 1.67. The van der Waals surface area contributed by atoms with E-state index in [1.807, 2.05) is 36.4 Å². The van der Waals surface area contributed by atoms with Gasteiger partial charge in [0.25, 0.3) is 11.9 Å². The van der Waals surface area contributed by atoms with E-state index in [2.05, 4.69) is 10.3 Å². The van der Waals surface area contributed by atoms with Gasteiger partial charge in [-0.1, -0.05) is 24.3 Å². The molecule has 0 radical (unpaired) electrons. The third kappa shape index (κ3) is 4.45. The fourth-order valence-corrected chi connectivity index (χ4v) is 2.28. The maximum atomic E-state index is 12.4. The van der Waals surface area contributed by atoms with Crippen LogP contribution in [0.3, 0.4) is 0 Å². The van der Waals surface area contributed by atoms with Gasteiger partial charge in [-0.3, -0.25) is 9.78 Å². The molecular formula is C19H18N2O4. The zero-order valence-corrected chi connectivity index (χ0v) is 13.7. The van der Waals surface area contributed by atoms with Crippen molar-refractivity contribution in [1.29, 1.82) is 0 Å². The minimum Gasteiger partial charge on any atom is -0.426 e. The van der Waals surface area contributed by atoms with Gasteiger partial charge in [0.2, 0.25) is 0 Å². The lowest BCUT2D eigenvalue weighted by Crippen LogP contribution is -2.31. The van der Waals surface area contributed by atoms with Gasteiger partial charge in [-0.25, -0.2) is 0 Å². The summed E-state index contributed by atoms with van der Waals surface area (Å²) < 4.78 is 16.2. The number of hydrogen-bond acceptors (Lipinski definition) is 5. The van der Waals surface area contributed by atoms with Gasteiger partial charge in [0.1, 0.15) is 5.75 Å². The molecule has 6 heteroatoms. The van der Waals surface area contributed by atoms with Crippen LogP contribution < -0.4 is 10.1 Å². The van der Waals surface area contributed by atoms with Crippen molar-refractivity contribution in [2.45, 2.75) is 6.04 Å². The Balaban J connectivity index is 1.68. The van der Waals surface area contributed by atoms with Crippen LogP contribution in [0, 0.1) is 0 Å². The summed E-state index contributed by atoms with van der Waals surface area (Å²) in [5.74, 6) is 0.672. The maximum Gasteiger partial charge on any atom is 0.290 e. The number of hydrogen-bond donors (Lipinski definition) is 1. The minimum absolute atomic E-state index is 0.156. The average Bonchev–Trinajstić information content (AvgIpc) is 3.11. The quantitative estimate of drug-likeness (QED) is 0.713. The number of methoxy groups -OCH3 is 1. The van der Waals surface area contributed by atoms with Crippen LogP contribution in [-0.4, -0.2) is 24.6 Å². The van der Waals surface area contributed by atoms with Crippen molar-refractivity contribution >= 4 is 5.91 Å². The smallest absolute Gasteiger partial charge is 0.290 e. The van der Waals surface area contributed by atoms with Gasteiger partial charge in [0.05, 0.1) is 18.3 Å². The molecule has 0 aliphatic carbocycles. The summed E-state index contributed by atoms with van der Waals surface area (Å²) in [7, 11) is 1.57. The Labute approximate surface area is 145 Å². The van der Waals surface area contributed by atoms with Gasteiger partial charge in [0, 0.05) is 19.4 Å². The average molecular weight is 338 g/mol. The van der Waals surface area contributed by atoms with E-state index in [1.165, 1.54) is 0 Å². The molecule has 128 valence electrons. The molecule has 1 atom stereocenters. The van der Waals surface area contributed by atoms with Crippen molar-refractivity contribution < 1.29 is 18.7 Å². The van der Waals surface area contributed by atoms with E-state index in [-0.39, 0.29) is 23.7 Å². The highest BCUT2D eigenvalue weighted by atomic mass is 16.6. The van der Waals surface area contributed by atoms with E-state index >= 15 is 0 Å². The highest BCUT2D eigenvalue weighted by Crippen LogP contribution is 2.23. The van der Waals surface area contributed by atoms with Crippen LogP contribution in [0.25, 0.3) is 0 Å². The van der Waals surface area contributed by atoms with Crippen LogP contribution in [0.15, 0.2) is 71.3 Å². The number of aromatic nitrogens is 1. The van der Waals surface area contributed by atoms with Crippen LogP contribution in [0.2, 0.25) is 0 Å². The van der Waals surface area contributed by atoms with Gasteiger partial charge in [0.15, 0.2) is 5.76 Å². The first-order valence-corrected chi connectivity index (χ1v) is 7.79. The zero-order valence-electron chi connectivity index (χ0n) is 13.7. The number of benzene rings is 1. The first kappa shape index (κ1) is 16.7. The standard InChI is InChI=1S/C19H18N2O4/c1-23-13-16(15-9-5-6-12-20-15)21-19(22)17-10-11-18(25-17)24-14-7-3-2-4-8-14/h2-12,16H,13H2,1H3,(H,21,22)/t16-/m1/s1. The zero-order chi connectivity index (χ0) is 17.5. The second kappa shape index (κ2) is 8.12. The van der Waals surface area contributed by atoms with Gasteiger partial charge in [-0.15, -0.1) is 0 Å². The molecule has 0 saturated heterocycles. The predicted molar refractivity (Wildman–Crippen MR) is 91.5 cm³/mol. The Morgan fingerprint density at radius 3 is 2.64 bits per heavy atom. The largest absolute Gasteiger partial charge is 0.426 e. The number of pyridine rings is 1. The second-order valence-electron chi connectivity index (χ2n) is 5.27. The Kier molecular flexibility index (Phi) is 5.43. The fraction of sp³-hybridized carbons (Fsp3) is 0.158. The van der Waals surface area contributed by atoms with E-state index in [9.17, 15) is 4.79 Å². The normalized spacial score (nSPS) is 11.7. The lowest BCUT2D eigenvalue weighted by molar-refractivity contribution is 0.0862. The van der Waals surface area contributed by atoms with E-state index in [1.54, 1.807) is 37.6 Å². The summed E-state index contributed by atoms with van der Waals surface area (Å²) in [4.78, 5) is 16.7. The molecule has 0 bridgehead atoms.